The SMILES string of the molecule is Nc1ccc(Br)cc1CNC(CCc1ccccc1)C(=O)O. The van der Waals surface area contributed by atoms with Crippen LogP contribution in [0, 0.1) is 0 Å². The fraction of sp³-hybridized carbons (Fsp3) is 0.235. The molecule has 2 rings (SSSR count). The van der Waals surface area contributed by atoms with Gasteiger partial charge in [-0.2, -0.15) is 0 Å². The number of rotatable bonds is 7. The first-order valence-corrected chi connectivity index (χ1v) is 7.89. The number of nitrogens with one attached hydrogen (secondary N) is 1. The number of aliphatic carboxylic acids is 1. The highest BCUT2D eigenvalue weighted by atomic mass is 79.9. The van der Waals surface area contributed by atoms with Crippen molar-refractivity contribution in [3.05, 3.63) is 64.1 Å². The van der Waals surface area contributed by atoms with E-state index in [1.807, 2.05) is 42.5 Å². The number of carboxylic acids is 1. The van der Waals surface area contributed by atoms with Gasteiger partial charge in [-0.05, 0) is 42.2 Å². The summed E-state index contributed by atoms with van der Waals surface area (Å²) in [6, 6.07) is 14.9. The number of hydrogen-bond donors (Lipinski definition) is 3. The molecule has 4 nitrogen and oxygen atoms in total. The lowest BCUT2D eigenvalue weighted by molar-refractivity contribution is -0.139. The van der Waals surface area contributed by atoms with E-state index < -0.39 is 12.0 Å². The molecule has 0 aromatic heterocycles. The summed E-state index contributed by atoms with van der Waals surface area (Å²) in [5.41, 5.74) is 8.59. The van der Waals surface area contributed by atoms with Crippen molar-refractivity contribution in [2.24, 2.45) is 0 Å². The lowest BCUT2D eigenvalue weighted by atomic mass is 10.0. The molecular formula is C17H19BrN2O2. The zero-order chi connectivity index (χ0) is 15.9. The van der Waals surface area contributed by atoms with E-state index in [-0.39, 0.29) is 0 Å². The number of nitrogen functional groups attached to an aromatic ring is 1. The number of nitrogens with two attached hydrogens (primary N) is 1. The van der Waals surface area contributed by atoms with Crippen LogP contribution >= 0.6 is 15.9 Å². The molecular weight excluding hydrogens is 344 g/mol. The van der Waals surface area contributed by atoms with Crippen molar-refractivity contribution >= 4 is 27.6 Å². The molecule has 0 bridgehead atoms. The van der Waals surface area contributed by atoms with Crippen molar-refractivity contribution in [2.45, 2.75) is 25.4 Å². The Kier molecular flexibility index (Phi) is 5.98. The average Bonchev–Trinajstić information content (AvgIpc) is 2.51. The molecule has 0 aliphatic rings. The number of carboxylic acid groups (broad SMARTS) is 1. The van der Waals surface area contributed by atoms with Gasteiger partial charge in [0.25, 0.3) is 0 Å². The van der Waals surface area contributed by atoms with E-state index in [1.54, 1.807) is 6.07 Å². The molecule has 1 unspecified atom stereocenters. The Bertz CT molecular complexity index is 632. The van der Waals surface area contributed by atoms with Crippen LogP contribution in [0.2, 0.25) is 0 Å². The number of hydrogen-bond acceptors (Lipinski definition) is 3. The van der Waals surface area contributed by atoms with Crippen LogP contribution in [-0.4, -0.2) is 17.1 Å². The summed E-state index contributed by atoms with van der Waals surface area (Å²) in [5, 5.41) is 12.4. The number of anilines is 1. The number of halogens is 1. The largest absolute Gasteiger partial charge is 0.480 e. The smallest absolute Gasteiger partial charge is 0.320 e. The normalized spacial score (nSPS) is 12.0. The standard InChI is InChI=1S/C17H19BrN2O2/c18-14-7-8-15(19)13(10-14)11-20-16(17(21)22)9-6-12-4-2-1-3-5-12/h1-5,7-8,10,16,20H,6,9,11,19H2,(H,21,22). The van der Waals surface area contributed by atoms with Crippen LogP contribution in [-0.2, 0) is 17.8 Å². The predicted octanol–water partition coefficient (Wildman–Crippen LogP) is 3.21. The maximum atomic E-state index is 11.4. The van der Waals surface area contributed by atoms with Crippen LogP contribution in [0.3, 0.4) is 0 Å². The molecule has 2 aromatic rings. The highest BCUT2D eigenvalue weighted by Crippen LogP contribution is 2.18. The van der Waals surface area contributed by atoms with Crippen molar-refractivity contribution in [1.29, 1.82) is 0 Å². The predicted molar refractivity (Wildman–Crippen MR) is 91.6 cm³/mol. The van der Waals surface area contributed by atoms with Crippen molar-refractivity contribution in [1.82, 2.24) is 5.32 Å². The van der Waals surface area contributed by atoms with Gasteiger partial charge in [0.2, 0.25) is 0 Å². The monoisotopic (exact) mass is 362 g/mol. The molecule has 4 N–H and O–H groups in total. The number of benzene rings is 2. The van der Waals surface area contributed by atoms with Gasteiger partial charge in [-0.15, -0.1) is 0 Å². The van der Waals surface area contributed by atoms with Gasteiger partial charge in [0.05, 0.1) is 0 Å². The Morgan fingerprint density at radius 3 is 2.64 bits per heavy atom. The Labute approximate surface area is 138 Å². The minimum absolute atomic E-state index is 0.428. The van der Waals surface area contributed by atoms with Crippen LogP contribution < -0.4 is 11.1 Å². The summed E-state index contributed by atoms with van der Waals surface area (Å²) in [6.45, 7) is 0.428. The third-order valence-electron chi connectivity index (χ3n) is 3.51. The molecule has 0 aliphatic carbocycles. The van der Waals surface area contributed by atoms with Gasteiger partial charge < -0.3 is 16.2 Å². The van der Waals surface area contributed by atoms with E-state index in [0.29, 0.717) is 18.7 Å². The summed E-state index contributed by atoms with van der Waals surface area (Å²) < 4.78 is 0.926. The van der Waals surface area contributed by atoms with E-state index in [9.17, 15) is 9.90 Å². The maximum absolute atomic E-state index is 11.4. The van der Waals surface area contributed by atoms with Crippen molar-refractivity contribution < 1.29 is 9.90 Å². The minimum atomic E-state index is -0.843. The van der Waals surface area contributed by atoms with Crippen LogP contribution in [0.25, 0.3) is 0 Å². The molecule has 0 amide bonds. The molecule has 0 radical (unpaired) electrons. The summed E-state index contributed by atoms with van der Waals surface area (Å²) in [4.78, 5) is 11.4. The van der Waals surface area contributed by atoms with Gasteiger partial charge in [0, 0.05) is 16.7 Å². The topological polar surface area (TPSA) is 75.3 Å². The van der Waals surface area contributed by atoms with Crippen LogP contribution in [0.4, 0.5) is 5.69 Å². The van der Waals surface area contributed by atoms with Crippen molar-refractivity contribution in [2.75, 3.05) is 5.73 Å². The highest BCUT2D eigenvalue weighted by Gasteiger charge is 2.17. The Balaban J connectivity index is 1.94. The lowest BCUT2D eigenvalue weighted by Gasteiger charge is -2.15. The number of carbonyl (C=O) groups is 1. The fourth-order valence-electron chi connectivity index (χ4n) is 2.23. The van der Waals surface area contributed by atoms with E-state index in [1.165, 1.54) is 0 Å². The molecule has 0 saturated carbocycles. The summed E-state index contributed by atoms with van der Waals surface area (Å²) >= 11 is 3.39. The molecule has 0 fully saturated rings. The lowest BCUT2D eigenvalue weighted by Crippen LogP contribution is -2.36. The summed E-state index contributed by atoms with van der Waals surface area (Å²) in [5.74, 6) is -0.843. The van der Waals surface area contributed by atoms with Gasteiger partial charge >= 0.3 is 5.97 Å². The first-order valence-electron chi connectivity index (χ1n) is 7.10. The third kappa shape index (κ3) is 4.86. The van der Waals surface area contributed by atoms with Gasteiger partial charge in [0.1, 0.15) is 6.04 Å². The Hall–Kier alpha value is -1.85. The van der Waals surface area contributed by atoms with Crippen molar-refractivity contribution in [3.8, 4) is 0 Å². The fourth-order valence-corrected chi connectivity index (χ4v) is 2.64. The van der Waals surface area contributed by atoms with Crippen LogP contribution in [0.1, 0.15) is 17.5 Å². The zero-order valence-corrected chi connectivity index (χ0v) is 13.7. The molecule has 0 saturated heterocycles. The highest BCUT2D eigenvalue weighted by molar-refractivity contribution is 9.10. The second-order valence-electron chi connectivity index (χ2n) is 5.14. The molecule has 1 atom stereocenters. The minimum Gasteiger partial charge on any atom is -0.480 e. The molecule has 5 heteroatoms. The van der Waals surface area contributed by atoms with Gasteiger partial charge in [-0.1, -0.05) is 46.3 Å². The van der Waals surface area contributed by atoms with E-state index in [4.69, 9.17) is 5.73 Å². The summed E-state index contributed by atoms with van der Waals surface area (Å²) in [7, 11) is 0. The van der Waals surface area contributed by atoms with Crippen molar-refractivity contribution in [3.63, 3.8) is 0 Å². The molecule has 116 valence electrons. The first kappa shape index (κ1) is 16.5. The maximum Gasteiger partial charge on any atom is 0.320 e. The van der Waals surface area contributed by atoms with Crippen LogP contribution in [0.5, 0.6) is 0 Å². The average molecular weight is 363 g/mol. The zero-order valence-electron chi connectivity index (χ0n) is 12.1. The summed E-state index contributed by atoms with van der Waals surface area (Å²) in [6.07, 6.45) is 1.26. The molecule has 0 heterocycles. The van der Waals surface area contributed by atoms with E-state index in [0.717, 1.165) is 22.0 Å². The molecule has 22 heavy (non-hydrogen) atoms. The van der Waals surface area contributed by atoms with Gasteiger partial charge in [-0.3, -0.25) is 4.79 Å². The second-order valence-corrected chi connectivity index (χ2v) is 6.05. The van der Waals surface area contributed by atoms with E-state index in [2.05, 4.69) is 21.2 Å². The molecule has 2 aromatic carbocycles. The molecule has 0 aliphatic heterocycles. The third-order valence-corrected chi connectivity index (χ3v) is 4.00. The van der Waals surface area contributed by atoms with E-state index >= 15 is 0 Å². The van der Waals surface area contributed by atoms with Gasteiger partial charge in [-0.25, -0.2) is 0 Å². The van der Waals surface area contributed by atoms with Crippen LogP contribution in [0.15, 0.2) is 53.0 Å². The van der Waals surface area contributed by atoms with Gasteiger partial charge in [0.15, 0.2) is 0 Å². The second kappa shape index (κ2) is 7.96. The molecule has 0 spiro atoms. The Morgan fingerprint density at radius 2 is 1.95 bits per heavy atom. The quantitative estimate of drug-likeness (QED) is 0.661. The first-order chi connectivity index (χ1) is 10.6. The number of aryl methyl sites for hydroxylation is 1. The Morgan fingerprint density at radius 1 is 1.23 bits per heavy atom.